The highest BCUT2D eigenvalue weighted by Crippen LogP contribution is 2.22. The molecule has 8 heteroatoms. The average Bonchev–Trinajstić information content (AvgIpc) is 3.08. The molecule has 3 heterocycles. The van der Waals surface area contributed by atoms with Gasteiger partial charge in [-0.05, 0) is 43.1 Å². The number of nitrogens with one attached hydrogen (secondary N) is 2. The molecule has 1 aromatic rings. The van der Waals surface area contributed by atoms with Crippen molar-refractivity contribution < 1.29 is 9.59 Å². The normalized spacial score (nSPS) is 19.6. The summed E-state index contributed by atoms with van der Waals surface area (Å²) in [5, 5.41) is 10.1. The fraction of sp³-hybridized carbons (Fsp3) is 0.706. The monoisotopic (exact) mass is 365 g/mol. The standard InChI is InChI=1S/C17H27N5O2S/c1-21-12-14(11-19-21)16(23)20-15-2-6-22(7-3-15)17(24)18-10-13-4-8-25-9-5-13/h11-13,15H,2-10H2,1H3,(H,18,24)(H,20,23). The van der Waals surface area contributed by atoms with Gasteiger partial charge in [-0.15, -0.1) is 0 Å². The topological polar surface area (TPSA) is 79.3 Å². The molecule has 25 heavy (non-hydrogen) atoms. The van der Waals surface area contributed by atoms with Gasteiger partial charge in [-0.3, -0.25) is 9.48 Å². The molecule has 2 N–H and O–H groups in total. The van der Waals surface area contributed by atoms with E-state index >= 15 is 0 Å². The highest BCUT2D eigenvalue weighted by atomic mass is 32.2. The van der Waals surface area contributed by atoms with Crippen molar-refractivity contribution in [3.63, 3.8) is 0 Å². The number of hydrogen-bond acceptors (Lipinski definition) is 4. The third kappa shape index (κ3) is 5.14. The van der Waals surface area contributed by atoms with Gasteiger partial charge in [0.1, 0.15) is 0 Å². The number of carbonyl (C=O) groups is 2. The molecule has 0 aromatic carbocycles. The first kappa shape index (κ1) is 18.1. The van der Waals surface area contributed by atoms with Crippen LogP contribution >= 0.6 is 11.8 Å². The van der Waals surface area contributed by atoms with Crippen molar-refractivity contribution in [2.45, 2.75) is 31.7 Å². The van der Waals surface area contributed by atoms with Gasteiger partial charge in [0.25, 0.3) is 5.91 Å². The molecule has 1 aromatic heterocycles. The molecule has 2 saturated heterocycles. The summed E-state index contributed by atoms with van der Waals surface area (Å²) in [6.07, 6.45) is 7.27. The van der Waals surface area contributed by atoms with Crippen molar-refractivity contribution in [3.8, 4) is 0 Å². The van der Waals surface area contributed by atoms with Gasteiger partial charge < -0.3 is 15.5 Å². The minimum Gasteiger partial charge on any atom is -0.349 e. The number of aryl methyl sites for hydroxylation is 1. The molecule has 3 rings (SSSR count). The first-order chi connectivity index (χ1) is 12.1. The van der Waals surface area contributed by atoms with E-state index in [0.717, 1.165) is 19.4 Å². The number of thioether (sulfide) groups is 1. The molecule has 7 nitrogen and oxygen atoms in total. The molecule has 0 spiro atoms. The van der Waals surface area contributed by atoms with Crippen LogP contribution in [0.3, 0.4) is 0 Å². The smallest absolute Gasteiger partial charge is 0.317 e. The van der Waals surface area contributed by atoms with Crippen molar-refractivity contribution in [2.75, 3.05) is 31.1 Å². The molecule has 2 aliphatic heterocycles. The Bertz CT molecular complexity index is 592. The lowest BCUT2D eigenvalue weighted by Gasteiger charge is -2.33. The molecule has 2 aliphatic rings. The summed E-state index contributed by atoms with van der Waals surface area (Å²) in [5.74, 6) is 2.96. The molecule has 138 valence electrons. The van der Waals surface area contributed by atoms with E-state index in [2.05, 4.69) is 15.7 Å². The Labute approximate surface area is 152 Å². The number of amides is 3. The van der Waals surface area contributed by atoms with Gasteiger partial charge in [-0.1, -0.05) is 0 Å². The van der Waals surface area contributed by atoms with E-state index in [1.165, 1.54) is 24.3 Å². The second-order valence-electron chi connectivity index (χ2n) is 6.88. The summed E-state index contributed by atoms with van der Waals surface area (Å²) in [6, 6.07) is 0.155. The molecule has 0 bridgehead atoms. The minimum atomic E-state index is -0.0915. The Morgan fingerprint density at radius 1 is 1.24 bits per heavy atom. The Balaban J connectivity index is 1.37. The maximum atomic E-state index is 12.3. The number of likely N-dealkylation sites (tertiary alicyclic amines) is 1. The van der Waals surface area contributed by atoms with E-state index in [4.69, 9.17) is 0 Å². The highest BCUT2D eigenvalue weighted by Gasteiger charge is 2.25. The van der Waals surface area contributed by atoms with Gasteiger partial charge in [0, 0.05) is 38.9 Å². The van der Waals surface area contributed by atoms with Crippen molar-refractivity contribution in [1.29, 1.82) is 0 Å². The third-order valence-electron chi connectivity index (χ3n) is 4.97. The summed E-state index contributed by atoms with van der Waals surface area (Å²) in [5.41, 5.74) is 0.577. The van der Waals surface area contributed by atoms with Crippen molar-refractivity contribution in [3.05, 3.63) is 18.0 Å². The molecule has 3 amide bonds. The Kier molecular flexibility index (Phi) is 6.23. The number of rotatable bonds is 4. The zero-order valence-corrected chi connectivity index (χ0v) is 15.6. The summed E-state index contributed by atoms with van der Waals surface area (Å²) >= 11 is 2.00. The molecule has 0 saturated carbocycles. The van der Waals surface area contributed by atoms with E-state index in [1.54, 1.807) is 24.1 Å². The zero-order valence-electron chi connectivity index (χ0n) is 14.7. The summed E-state index contributed by atoms with van der Waals surface area (Å²) < 4.78 is 1.62. The molecule has 0 unspecified atom stereocenters. The number of hydrogen-bond donors (Lipinski definition) is 2. The SMILES string of the molecule is Cn1cc(C(=O)NC2CCN(C(=O)NCC3CCSCC3)CC2)cn1. The fourth-order valence-electron chi connectivity index (χ4n) is 3.33. The molecular weight excluding hydrogens is 338 g/mol. The lowest BCUT2D eigenvalue weighted by atomic mass is 10.0. The zero-order chi connectivity index (χ0) is 17.6. The molecule has 2 fully saturated rings. The number of urea groups is 1. The second-order valence-corrected chi connectivity index (χ2v) is 8.10. The van der Waals surface area contributed by atoms with Gasteiger partial charge in [0.05, 0.1) is 11.8 Å². The van der Waals surface area contributed by atoms with E-state index in [1.807, 2.05) is 16.7 Å². The van der Waals surface area contributed by atoms with Gasteiger partial charge >= 0.3 is 6.03 Å². The minimum absolute atomic E-state index is 0.0373. The first-order valence-corrected chi connectivity index (χ1v) is 10.2. The highest BCUT2D eigenvalue weighted by molar-refractivity contribution is 7.99. The van der Waals surface area contributed by atoms with Gasteiger partial charge in [-0.2, -0.15) is 16.9 Å². The van der Waals surface area contributed by atoms with Crippen LogP contribution in [0.1, 0.15) is 36.0 Å². The van der Waals surface area contributed by atoms with E-state index in [9.17, 15) is 9.59 Å². The average molecular weight is 366 g/mol. The van der Waals surface area contributed by atoms with Crippen LogP contribution in [0.5, 0.6) is 0 Å². The maximum Gasteiger partial charge on any atom is 0.317 e. The lowest BCUT2D eigenvalue weighted by molar-refractivity contribution is 0.0917. The van der Waals surface area contributed by atoms with Gasteiger partial charge in [0.2, 0.25) is 0 Å². The van der Waals surface area contributed by atoms with Crippen LogP contribution in [0, 0.1) is 5.92 Å². The number of aromatic nitrogens is 2. The maximum absolute atomic E-state index is 12.3. The molecule has 0 radical (unpaired) electrons. The fourth-order valence-corrected chi connectivity index (χ4v) is 4.53. The van der Waals surface area contributed by atoms with E-state index in [0.29, 0.717) is 24.6 Å². The molecule has 0 aliphatic carbocycles. The van der Waals surface area contributed by atoms with Crippen molar-refractivity contribution in [2.24, 2.45) is 13.0 Å². The van der Waals surface area contributed by atoms with Gasteiger partial charge in [0.15, 0.2) is 0 Å². The number of piperidine rings is 1. The van der Waals surface area contributed by atoms with Crippen LogP contribution in [0.2, 0.25) is 0 Å². The van der Waals surface area contributed by atoms with Crippen LogP contribution in [-0.2, 0) is 7.05 Å². The summed E-state index contributed by atoms with van der Waals surface area (Å²) in [4.78, 5) is 26.3. The summed E-state index contributed by atoms with van der Waals surface area (Å²) in [6.45, 7) is 2.16. The lowest BCUT2D eigenvalue weighted by Crippen LogP contribution is -2.50. The predicted molar refractivity (Wildman–Crippen MR) is 98.7 cm³/mol. The Hall–Kier alpha value is -1.70. The number of nitrogens with zero attached hydrogens (tertiary/aromatic N) is 3. The van der Waals surface area contributed by atoms with E-state index in [-0.39, 0.29) is 18.0 Å². The summed E-state index contributed by atoms with van der Waals surface area (Å²) in [7, 11) is 1.79. The van der Waals surface area contributed by atoms with Crippen LogP contribution in [0.15, 0.2) is 12.4 Å². The first-order valence-electron chi connectivity index (χ1n) is 9.02. The van der Waals surface area contributed by atoms with Crippen LogP contribution < -0.4 is 10.6 Å². The molecule has 0 atom stereocenters. The number of carbonyl (C=O) groups excluding carboxylic acids is 2. The predicted octanol–water partition coefficient (Wildman–Crippen LogP) is 1.47. The van der Waals surface area contributed by atoms with E-state index < -0.39 is 0 Å². The van der Waals surface area contributed by atoms with Crippen molar-refractivity contribution >= 4 is 23.7 Å². The molecular formula is C17H27N5O2S. The van der Waals surface area contributed by atoms with Crippen LogP contribution in [0.4, 0.5) is 4.79 Å². The van der Waals surface area contributed by atoms with Crippen molar-refractivity contribution in [1.82, 2.24) is 25.3 Å². The Morgan fingerprint density at radius 2 is 1.96 bits per heavy atom. The quantitative estimate of drug-likeness (QED) is 0.847. The Morgan fingerprint density at radius 3 is 2.60 bits per heavy atom. The van der Waals surface area contributed by atoms with Crippen LogP contribution in [-0.4, -0.2) is 63.8 Å². The third-order valence-corrected chi connectivity index (χ3v) is 6.02. The second kappa shape index (κ2) is 8.60. The van der Waals surface area contributed by atoms with Gasteiger partial charge in [-0.25, -0.2) is 4.79 Å². The largest absolute Gasteiger partial charge is 0.349 e. The van der Waals surface area contributed by atoms with Crippen LogP contribution in [0.25, 0.3) is 0 Å².